The van der Waals surface area contributed by atoms with Crippen LogP contribution >= 0.6 is 11.6 Å². The van der Waals surface area contributed by atoms with Crippen molar-refractivity contribution in [2.24, 2.45) is 0 Å². The fraction of sp³-hybridized carbons (Fsp3) is 0.182. The van der Waals surface area contributed by atoms with E-state index in [1.807, 2.05) is 36.4 Å². The second kappa shape index (κ2) is 8.84. The monoisotopic (exact) mass is 404 g/mol. The quantitative estimate of drug-likeness (QED) is 0.399. The number of aryl methyl sites for hydroxylation is 1. The third-order valence-electron chi connectivity index (χ3n) is 4.47. The van der Waals surface area contributed by atoms with E-state index in [0.717, 1.165) is 17.8 Å². The van der Waals surface area contributed by atoms with Crippen molar-refractivity contribution in [1.29, 1.82) is 0 Å². The largest absolute Gasteiger partial charge is 0.338 e. The maximum absolute atomic E-state index is 5.98. The highest BCUT2D eigenvalue weighted by atomic mass is 35.5. The summed E-state index contributed by atoms with van der Waals surface area (Å²) in [4.78, 5) is 17.8. The standard InChI is InChI=1S/C22H21ClN6/c1-2-3-4-15-5-9-18(10-6-15)27-22-28-20-19(24-13-14-25-20)21(29-22)26-17-11-7-16(23)8-12-17/h5-14H,2-4H2,1H3,(H2,25,26,27,28,29). The highest BCUT2D eigenvalue weighted by Gasteiger charge is 2.11. The summed E-state index contributed by atoms with van der Waals surface area (Å²) in [5, 5.41) is 7.22. The van der Waals surface area contributed by atoms with Crippen LogP contribution in [0.3, 0.4) is 0 Å². The van der Waals surface area contributed by atoms with Crippen molar-refractivity contribution in [2.75, 3.05) is 10.6 Å². The van der Waals surface area contributed by atoms with Gasteiger partial charge in [0.2, 0.25) is 5.95 Å². The fourth-order valence-electron chi connectivity index (χ4n) is 2.94. The summed E-state index contributed by atoms with van der Waals surface area (Å²) in [7, 11) is 0. The lowest BCUT2D eigenvalue weighted by Gasteiger charge is -2.11. The Morgan fingerprint density at radius 2 is 1.52 bits per heavy atom. The van der Waals surface area contributed by atoms with Gasteiger partial charge in [-0.2, -0.15) is 9.97 Å². The molecule has 7 heteroatoms. The number of anilines is 4. The third kappa shape index (κ3) is 4.78. The van der Waals surface area contributed by atoms with E-state index in [9.17, 15) is 0 Å². The molecular formula is C22H21ClN6. The van der Waals surface area contributed by atoms with Gasteiger partial charge >= 0.3 is 0 Å². The predicted molar refractivity (Wildman–Crippen MR) is 118 cm³/mol. The van der Waals surface area contributed by atoms with E-state index in [1.54, 1.807) is 12.4 Å². The molecule has 0 spiro atoms. The normalized spacial score (nSPS) is 10.8. The lowest BCUT2D eigenvalue weighted by molar-refractivity contribution is 0.795. The van der Waals surface area contributed by atoms with Gasteiger partial charge in [0, 0.05) is 28.8 Å². The highest BCUT2D eigenvalue weighted by Crippen LogP contribution is 2.25. The predicted octanol–water partition coefficient (Wildman–Crippen LogP) is 5.90. The zero-order valence-corrected chi connectivity index (χ0v) is 16.8. The lowest BCUT2D eigenvalue weighted by Crippen LogP contribution is -2.04. The van der Waals surface area contributed by atoms with E-state index in [0.29, 0.717) is 28.0 Å². The van der Waals surface area contributed by atoms with Crippen LogP contribution in [0.25, 0.3) is 11.2 Å². The summed E-state index contributed by atoms with van der Waals surface area (Å²) in [6.07, 6.45) is 6.72. The second-order valence-electron chi connectivity index (χ2n) is 6.68. The van der Waals surface area contributed by atoms with E-state index in [-0.39, 0.29) is 0 Å². The van der Waals surface area contributed by atoms with Gasteiger partial charge in [-0.1, -0.05) is 37.1 Å². The summed E-state index contributed by atoms with van der Waals surface area (Å²) in [5.74, 6) is 1.03. The Kier molecular flexibility index (Phi) is 5.81. The van der Waals surface area contributed by atoms with Crippen LogP contribution in [-0.4, -0.2) is 19.9 Å². The summed E-state index contributed by atoms with van der Waals surface area (Å²) in [5.41, 5.74) is 4.22. The molecular weight excluding hydrogens is 384 g/mol. The van der Waals surface area contributed by atoms with Crippen LogP contribution in [0.5, 0.6) is 0 Å². The lowest BCUT2D eigenvalue weighted by atomic mass is 10.1. The van der Waals surface area contributed by atoms with Crippen molar-refractivity contribution < 1.29 is 0 Å². The first-order chi connectivity index (χ1) is 14.2. The SMILES string of the molecule is CCCCc1ccc(Nc2nc(Nc3ccc(Cl)cc3)c3nccnc3n2)cc1. The van der Waals surface area contributed by atoms with Gasteiger partial charge in [-0.25, -0.2) is 9.97 Å². The molecule has 2 aromatic carbocycles. The Labute approximate surface area is 174 Å². The van der Waals surface area contributed by atoms with Crippen LogP contribution < -0.4 is 10.6 Å². The number of fused-ring (bicyclic) bond motifs is 1. The molecule has 0 amide bonds. The van der Waals surface area contributed by atoms with Crippen LogP contribution in [0, 0.1) is 0 Å². The van der Waals surface area contributed by atoms with Gasteiger partial charge in [-0.3, -0.25) is 0 Å². The van der Waals surface area contributed by atoms with Crippen molar-refractivity contribution in [3.8, 4) is 0 Å². The number of halogens is 1. The van der Waals surface area contributed by atoms with Gasteiger partial charge in [0.1, 0.15) is 0 Å². The smallest absolute Gasteiger partial charge is 0.231 e. The summed E-state index contributed by atoms with van der Waals surface area (Å²) >= 11 is 5.98. The number of hydrogen-bond acceptors (Lipinski definition) is 6. The van der Waals surface area contributed by atoms with Crippen LogP contribution in [-0.2, 0) is 6.42 Å². The van der Waals surface area contributed by atoms with Crippen molar-refractivity contribution in [1.82, 2.24) is 19.9 Å². The maximum atomic E-state index is 5.98. The number of rotatable bonds is 7. The van der Waals surface area contributed by atoms with Crippen molar-refractivity contribution in [3.63, 3.8) is 0 Å². The average molecular weight is 405 g/mol. The molecule has 0 aliphatic heterocycles. The van der Waals surface area contributed by atoms with E-state index >= 15 is 0 Å². The van der Waals surface area contributed by atoms with E-state index in [4.69, 9.17) is 11.6 Å². The van der Waals surface area contributed by atoms with Gasteiger partial charge in [-0.05, 0) is 54.8 Å². The van der Waals surface area contributed by atoms with Crippen LogP contribution in [0.2, 0.25) is 5.02 Å². The average Bonchev–Trinajstić information content (AvgIpc) is 2.75. The summed E-state index contributed by atoms with van der Waals surface area (Å²) in [6, 6.07) is 15.8. The zero-order valence-electron chi connectivity index (χ0n) is 16.1. The van der Waals surface area contributed by atoms with Gasteiger partial charge in [-0.15, -0.1) is 0 Å². The highest BCUT2D eigenvalue weighted by molar-refractivity contribution is 6.30. The van der Waals surface area contributed by atoms with Crippen LogP contribution in [0.4, 0.5) is 23.1 Å². The molecule has 0 aliphatic carbocycles. The molecule has 0 fully saturated rings. The van der Waals surface area contributed by atoms with Gasteiger partial charge < -0.3 is 10.6 Å². The molecule has 0 saturated heterocycles. The maximum Gasteiger partial charge on any atom is 0.231 e. The van der Waals surface area contributed by atoms with Crippen molar-refractivity contribution >= 4 is 45.9 Å². The molecule has 4 rings (SSSR count). The Balaban J connectivity index is 1.62. The molecule has 2 aromatic heterocycles. The van der Waals surface area contributed by atoms with Crippen LogP contribution in [0.15, 0.2) is 60.9 Å². The van der Waals surface area contributed by atoms with E-state index in [1.165, 1.54) is 18.4 Å². The number of nitrogens with zero attached hydrogens (tertiary/aromatic N) is 4. The Hall–Kier alpha value is -3.25. The molecule has 0 radical (unpaired) electrons. The molecule has 29 heavy (non-hydrogen) atoms. The molecule has 0 aliphatic rings. The Morgan fingerprint density at radius 1 is 0.828 bits per heavy atom. The Morgan fingerprint density at radius 3 is 2.28 bits per heavy atom. The number of benzene rings is 2. The number of nitrogens with one attached hydrogen (secondary N) is 2. The molecule has 0 unspecified atom stereocenters. The van der Waals surface area contributed by atoms with Gasteiger partial charge in [0.25, 0.3) is 0 Å². The molecule has 0 atom stereocenters. The third-order valence-corrected chi connectivity index (χ3v) is 4.72. The number of unbranched alkanes of at least 4 members (excludes halogenated alkanes) is 1. The molecule has 6 nitrogen and oxygen atoms in total. The molecule has 2 N–H and O–H groups in total. The van der Waals surface area contributed by atoms with Gasteiger partial charge in [0.15, 0.2) is 17.0 Å². The molecule has 0 bridgehead atoms. The Bertz CT molecular complexity index is 1100. The fourth-order valence-corrected chi connectivity index (χ4v) is 3.07. The molecule has 0 saturated carbocycles. The molecule has 2 heterocycles. The topological polar surface area (TPSA) is 75.6 Å². The van der Waals surface area contributed by atoms with E-state index in [2.05, 4.69) is 49.6 Å². The second-order valence-corrected chi connectivity index (χ2v) is 7.12. The van der Waals surface area contributed by atoms with Crippen molar-refractivity contribution in [3.05, 3.63) is 71.5 Å². The molecule has 146 valence electrons. The first-order valence-corrected chi connectivity index (χ1v) is 9.96. The minimum Gasteiger partial charge on any atom is -0.338 e. The minimum atomic E-state index is 0.454. The summed E-state index contributed by atoms with van der Waals surface area (Å²) < 4.78 is 0. The van der Waals surface area contributed by atoms with Gasteiger partial charge in [0.05, 0.1) is 0 Å². The number of aromatic nitrogens is 4. The van der Waals surface area contributed by atoms with Crippen LogP contribution in [0.1, 0.15) is 25.3 Å². The van der Waals surface area contributed by atoms with Crippen molar-refractivity contribution in [2.45, 2.75) is 26.2 Å². The van der Waals surface area contributed by atoms with E-state index < -0.39 is 0 Å². The minimum absolute atomic E-state index is 0.454. The first-order valence-electron chi connectivity index (χ1n) is 9.58. The number of hydrogen-bond donors (Lipinski definition) is 2. The zero-order chi connectivity index (χ0) is 20.1. The summed E-state index contributed by atoms with van der Waals surface area (Å²) in [6.45, 7) is 2.20. The first kappa shape index (κ1) is 19.1. The molecule has 4 aromatic rings.